The summed E-state index contributed by atoms with van der Waals surface area (Å²) in [5.74, 6) is 1.73. The van der Waals surface area contributed by atoms with E-state index in [2.05, 4.69) is 34.2 Å². The van der Waals surface area contributed by atoms with E-state index in [1.54, 1.807) is 6.20 Å². The average molecular weight is 334 g/mol. The largest absolute Gasteiger partial charge is 0.338 e. The summed E-state index contributed by atoms with van der Waals surface area (Å²) < 4.78 is 7.66. The van der Waals surface area contributed by atoms with E-state index in [0.717, 1.165) is 29.7 Å². The summed E-state index contributed by atoms with van der Waals surface area (Å²) in [5.41, 5.74) is 5.20. The van der Waals surface area contributed by atoms with E-state index in [0.29, 0.717) is 17.6 Å². The van der Waals surface area contributed by atoms with Gasteiger partial charge in [0.25, 0.3) is 0 Å². The molecule has 126 valence electrons. The lowest BCUT2D eigenvalue weighted by Gasteiger charge is -2.25. The van der Waals surface area contributed by atoms with Crippen LogP contribution in [0.1, 0.15) is 42.0 Å². The van der Waals surface area contributed by atoms with Crippen molar-refractivity contribution in [2.24, 2.45) is 5.92 Å². The van der Waals surface area contributed by atoms with Crippen LogP contribution >= 0.6 is 0 Å². The van der Waals surface area contributed by atoms with Crippen LogP contribution < -0.4 is 0 Å². The first-order chi connectivity index (χ1) is 12.2. The Morgan fingerprint density at radius 2 is 2.20 bits per heavy atom. The van der Waals surface area contributed by atoms with Crippen LogP contribution in [0.5, 0.6) is 0 Å². The molecule has 0 aliphatic heterocycles. The van der Waals surface area contributed by atoms with Crippen molar-refractivity contribution in [1.29, 1.82) is 0 Å². The normalized spacial score (nSPS) is 20.1. The highest BCUT2D eigenvalue weighted by atomic mass is 16.5. The third kappa shape index (κ3) is 2.19. The number of aryl methyl sites for hydroxylation is 2. The second kappa shape index (κ2) is 5.27. The molecule has 2 atom stereocenters. The molecule has 1 N–H and O–H groups in total. The van der Waals surface area contributed by atoms with E-state index in [-0.39, 0.29) is 5.92 Å². The van der Waals surface area contributed by atoms with Gasteiger partial charge in [-0.2, -0.15) is 10.1 Å². The molecule has 4 heterocycles. The number of aromatic amines is 1. The summed E-state index contributed by atoms with van der Waals surface area (Å²) >= 11 is 0. The second-order valence-electron chi connectivity index (χ2n) is 6.83. The first-order valence-electron chi connectivity index (χ1n) is 8.50. The topological polar surface area (TPSA) is 84.9 Å². The number of pyridine rings is 1. The lowest BCUT2D eigenvalue weighted by atomic mass is 9.79. The zero-order valence-electron chi connectivity index (χ0n) is 14.1. The zero-order valence-corrected chi connectivity index (χ0v) is 14.1. The van der Waals surface area contributed by atoms with Crippen molar-refractivity contribution in [2.45, 2.75) is 32.6 Å². The number of nitrogens with one attached hydrogen (secondary N) is 1. The molecule has 5 rings (SSSR count). The Balaban J connectivity index is 1.59. The molecule has 0 amide bonds. The monoisotopic (exact) mass is 334 g/mol. The Bertz CT molecular complexity index is 1060. The SMILES string of the molecule is Cc1ccc2ncc(-c3noc(C4c5cn[nH]c5CCC4C)n3)n2c1. The minimum Gasteiger partial charge on any atom is -0.338 e. The number of imidazole rings is 1. The first kappa shape index (κ1) is 14.4. The standard InChI is InChI=1S/C18H18N6O/c1-10-3-6-15-19-8-14(24(15)9-10)17-21-18(25-23-17)16-11(2)4-5-13-12(16)7-20-22-13/h3,6-9,11,16H,4-5H2,1-2H3,(H,20,22). The molecule has 4 aromatic rings. The number of hydrogen-bond donors (Lipinski definition) is 1. The highest BCUT2D eigenvalue weighted by molar-refractivity contribution is 5.57. The number of fused-ring (bicyclic) bond motifs is 2. The van der Waals surface area contributed by atoms with Gasteiger partial charge >= 0.3 is 0 Å². The van der Waals surface area contributed by atoms with Crippen LogP contribution in [0, 0.1) is 12.8 Å². The van der Waals surface area contributed by atoms with Gasteiger partial charge in [0.2, 0.25) is 11.7 Å². The van der Waals surface area contributed by atoms with Gasteiger partial charge in [0.15, 0.2) is 0 Å². The van der Waals surface area contributed by atoms with Crippen molar-refractivity contribution in [3.05, 3.63) is 53.4 Å². The quantitative estimate of drug-likeness (QED) is 0.609. The molecule has 0 fully saturated rings. The summed E-state index contributed by atoms with van der Waals surface area (Å²) in [4.78, 5) is 9.13. The number of nitrogens with zero attached hydrogens (tertiary/aromatic N) is 5. The fraction of sp³-hybridized carbons (Fsp3) is 0.333. The molecular formula is C18H18N6O. The molecule has 0 aromatic carbocycles. The fourth-order valence-electron chi connectivity index (χ4n) is 3.73. The van der Waals surface area contributed by atoms with Crippen LogP contribution in [0.4, 0.5) is 0 Å². The molecule has 7 heteroatoms. The van der Waals surface area contributed by atoms with Crippen LogP contribution in [0.3, 0.4) is 0 Å². The van der Waals surface area contributed by atoms with E-state index in [1.807, 2.05) is 28.9 Å². The minimum absolute atomic E-state index is 0.0877. The van der Waals surface area contributed by atoms with Crippen LogP contribution in [-0.2, 0) is 6.42 Å². The van der Waals surface area contributed by atoms with E-state index >= 15 is 0 Å². The third-order valence-electron chi connectivity index (χ3n) is 5.10. The van der Waals surface area contributed by atoms with Crippen molar-refractivity contribution in [1.82, 2.24) is 29.7 Å². The maximum atomic E-state index is 5.66. The molecule has 0 bridgehead atoms. The Hall–Kier alpha value is -2.96. The first-order valence-corrected chi connectivity index (χ1v) is 8.50. The van der Waals surface area contributed by atoms with Gasteiger partial charge in [-0.25, -0.2) is 4.98 Å². The third-order valence-corrected chi connectivity index (χ3v) is 5.10. The van der Waals surface area contributed by atoms with Crippen LogP contribution in [-0.4, -0.2) is 29.7 Å². The van der Waals surface area contributed by atoms with Gasteiger partial charge in [-0.3, -0.25) is 9.50 Å². The molecule has 1 aliphatic rings. The molecule has 0 spiro atoms. The van der Waals surface area contributed by atoms with Gasteiger partial charge in [0.05, 0.1) is 18.3 Å². The lowest BCUT2D eigenvalue weighted by molar-refractivity contribution is 0.318. The van der Waals surface area contributed by atoms with Crippen LogP contribution in [0.15, 0.2) is 35.2 Å². The van der Waals surface area contributed by atoms with Crippen molar-refractivity contribution < 1.29 is 4.52 Å². The number of aromatic nitrogens is 6. The molecule has 0 saturated carbocycles. The summed E-state index contributed by atoms with van der Waals surface area (Å²) in [6, 6.07) is 4.03. The summed E-state index contributed by atoms with van der Waals surface area (Å²) in [5, 5.41) is 11.5. The van der Waals surface area contributed by atoms with Gasteiger partial charge in [-0.05, 0) is 37.3 Å². The van der Waals surface area contributed by atoms with Gasteiger partial charge in [-0.1, -0.05) is 18.1 Å². The van der Waals surface area contributed by atoms with E-state index in [9.17, 15) is 0 Å². The number of rotatable bonds is 2. The minimum atomic E-state index is 0.0877. The van der Waals surface area contributed by atoms with Gasteiger partial charge in [0.1, 0.15) is 11.3 Å². The van der Waals surface area contributed by atoms with E-state index < -0.39 is 0 Å². The van der Waals surface area contributed by atoms with Crippen molar-refractivity contribution in [2.75, 3.05) is 0 Å². The smallest absolute Gasteiger partial charge is 0.234 e. The zero-order chi connectivity index (χ0) is 17.0. The highest BCUT2D eigenvalue weighted by Gasteiger charge is 2.33. The average Bonchev–Trinajstić information content (AvgIpc) is 3.32. The number of hydrogen-bond acceptors (Lipinski definition) is 5. The Labute approximate surface area is 144 Å². The molecule has 2 unspecified atom stereocenters. The lowest BCUT2D eigenvalue weighted by Crippen LogP contribution is -2.19. The summed E-state index contributed by atoms with van der Waals surface area (Å²) in [6.45, 7) is 4.27. The van der Waals surface area contributed by atoms with E-state index in [1.165, 1.54) is 11.3 Å². The second-order valence-corrected chi connectivity index (χ2v) is 6.83. The number of H-pyrrole nitrogens is 1. The van der Waals surface area contributed by atoms with E-state index in [4.69, 9.17) is 9.51 Å². The van der Waals surface area contributed by atoms with Crippen LogP contribution in [0.2, 0.25) is 0 Å². The molecular weight excluding hydrogens is 316 g/mol. The Morgan fingerprint density at radius 1 is 1.28 bits per heavy atom. The summed E-state index contributed by atoms with van der Waals surface area (Å²) in [6.07, 6.45) is 7.80. The predicted molar refractivity (Wildman–Crippen MR) is 91.1 cm³/mol. The Morgan fingerprint density at radius 3 is 3.12 bits per heavy atom. The molecule has 0 radical (unpaired) electrons. The molecule has 1 aliphatic carbocycles. The predicted octanol–water partition coefficient (Wildman–Crippen LogP) is 3.13. The summed E-state index contributed by atoms with van der Waals surface area (Å²) in [7, 11) is 0. The molecule has 0 saturated heterocycles. The van der Waals surface area contributed by atoms with Gasteiger partial charge in [-0.15, -0.1) is 0 Å². The van der Waals surface area contributed by atoms with Crippen molar-refractivity contribution in [3.8, 4) is 11.5 Å². The Kier molecular flexibility index (Phi) is 3.03. The van der Waals surface area contributed by atoms with Gasteiger partial charge < -0.3 is 4.52 Å². The van der Waals surface area contributed by atoms with Crippen molar-refractivity contribution >= 4 is 5.65 Å². The maximum Gasteiger partial charge on any atom is 0.234 e. The van der Waals surface area contributed by atoms with Crippen LogP contribution in [0.25, 0.3) is 17.2 Å². The van der Waals surface area contributed by atoms with Gasteiger partial charge in [0, 0.05) is 17.5 Å². The molecule has 4 aromatic heterocycles. The fourth-order valence-corrected chi connectivity index (χ4v) is 3.73. The van der Waals surface area contributed by atoms with Crippen molar-refractivity contribution in [3.63, 3.8) is 0 Å². The molecule has 7 nitrogen and oxygen atoms in total. The maximum absolute atomic E-state index is 5.66. The molecule has 25 heavy (non-hydrogen) atoms. The highest BCUT2D eigenvalue weighted by Crippen LogP contribution is 2.39.